The molecule has 0 aromatic carbocycles. The van der Waals surface area contributed by atoms with E-state index in [1.54, 1.807) is 13.8 Å². The van der Waals surface area contributed by atoms with Gasteiger partial charge in [-0.05, 0) is 5.92 Å². The van der Waals surface area contributed by atoms with Crippen LogP contribution >= 0.6 is 0 Å². The number of nitrogens with two attached hydrogens (primary N) is 1. The standard InChI is InChI=1S/C9H16N2O5/c1-4(2)7(9(15)16)11-6(12)3-5(10)8(13)14/h4-5,7H,3,10H2,1-2H3,(H,11,12)(H,13,14)(H,15,16). The van der Waals surface area contributed by atoms with Gasteiger partial charge in [-0.25, -0.2) is 4.79 Å². The Morgan fingerprint density at radius 3 is 2.00 bits per heavy atom. The van der Waals surface area contributed by atoms with E-state index in [4.69, 9.17) is 15.9 Å². The van der Waals surface area contributed by atoms with Crippen LogP contribution in [0.4, 0.5) is 0 Å². The van der Waals surface area contributed by atoms with Gasteiger partial charge in [0.25, 0.3) is 0 Å². The van der Waals surface area contributed by atoms with Crippen molar-refractivity contribution in [3.63, 3.8) is 0 Å². The first-order valence-corrected chi connectivity index (χ1v) is 4.76. The number of hydrogen-bond acceptors (Lipinski definition) is 4. The molecule has 0 aliphatic carbocycles. The highest BCUT2D eigenvalue weighted by atomic mass is 16.4. The molecule has 0 heterocycles. The average molecular weight is 232 g/mol. The minimum absolute atomic E-state index is 0.289. The number of carboxylic acid groups (broad SMARTS) is 2. The maximum absolute atomic E-state index is 11.3. The van der Waals surface area contributed by atoms with Crippen LogP contribution in [0.15, 0.2) is 0 Å². The minimum Gasteiger partial charge on any atom is -0.480 e. The Bertz CT molecular complexity index is 290. The molecule has 2 atom stereocenters. The highest BCUT2D eigenvalue weighted by Gasteiger charge is 2.25. The molecule has 0 fully saturated rings. The molecule has 1 amide bonds. The second-order valence-electron chi connectivity index (χ2n) is 3.78. The number of hydrogen-bond donors (Lipinski definition) is 4. The lowest BCUT2D eigenvalue weighted by atomic mass is 10.0. The van der Waals surface area contributed by atoms with E-state index in [0.717, 1.165) is 0 Å². The molecule has 7 heteroatoms. The normalized spacial score (nSPS) is 14.2. The molecule has 0 spiro atoms. The zero-order valence-electron chi connectivity index (χ0n) is 9.14. The lowest BCUT2D eigenvalue weighted by Gasteiger charge is -2.18. The van der Waals surface area contributed by atoms with Gasteiger partial charge < -0.3 is 21.3 Å². The fraction of sp³-hybridized carbons (Fsp3) is 0.667. The van der Waals surface area contributed by atoms with Gasteiger partial charge in [0, 0.05) is 0 Å². The average Bonchev–Trinajstić information content (AvgIpc) is 2.12. The first-order chi connectivity index (χ1) is 7.25. The van der Waals surface area contributed by atoms with Gasteiger partial charge in [0.15, 0.2) is 0 Å². The molecule has 0 aromatic heterocycles. The van der Waals surface area contributed by atoms with Crippen LogP contribution in [0.3, 0.4) is 0 Å². The quantitative estimate of drug-likeness (QED) is 0.465. The minimum atomic E-state index is -1.32. The molecule has 0 aliphatic rings. The van der Waals surface area contributed by atoms with Crippen molar-refractivity contribution < 1.29 is 24.6 Å². The van der Waals surface area contributed by atoms with Crippen molar-refractivity contribution in [2.75, 3.05) is 0 Å². The summed E-state index contributed by atoms with van der Waals surface area (Å²) >= 11 is 0. The third kappa shape index (κ3) is 4.74. The SMILES string of the molecule is CC(C)C(NC(=O)CC(N)C(=O)O)C(=O)O. The summed E-state index contributed by atoms with van der Waals surface area (Å²) in [6.45, 7) is 3.27. The van der Waals surface area contributed by atoms with Crippen LogP contribution in [0.25, 0.3) is 0 Å². The first kappa shape index (κ1) is 14.4. The predicted molar refractivity (Wildman–Crippen MR) is 54.6 cm³/mol. The number of carbonyl (C=O) groups is 3. The van der Waals surface area contributed by atoms with Crippen molar-refractivity contribution >= 4 is 17.8 Å². The summed E-state index contributed by atoms with van der Waals surface area (Å²) in [6.07, 6.45) is -0.439. The van der Waals surface area contributed by atoms with E-state index in [9.17, 15) is 14.4 Å². The van der Waals surface area contributed by atoms with Crippen LogP contribution in [-0.4, -0.2) is 40.1 Å². The number of rotatable bonds is 6. The van der Waals surface area contributed by atoms with Crippen molar-refractivity contribution in [1.29, 1.82) is 0 Å². The lowest BCUT2D eigenvalue weighted by Crippen LogP contribution is -2.46. The maximum atomic E-state index is 11.3. The van der Waals surface area contributed by atoms with Crippen LogP contribution < -0.4 is 11.1 Å². The summed E-state index contributed by atoms with van der Waals surface area (Å²) in [5.74, 6) is -3.43. The van der Waals surface area contributed by atoms with Crippen LogP contribution in [0.1, 0.15) is 20.3 Å². The van der Waals surface area contributed by atoms with Crippen LogP contribution in [0.2, 0.25) is 0 Å². The molecule has 0 saturated carbocycles. The number of amides is 1. The van der Waals surface area contributed by atoms with E-state index in [1.165, 1.54) is 0 Å². The van der Waals surface area contributed by atoms with E-state index in [2.05, 4.69) is 5.32 Å². The van der Waals surface area contributed by atoms with Gasteiger partial charge in [-0.3, -0.25) is 9.59 Å². The van der Waals surface area contributed by atoms with E-state index >= 15 is 0 Å². The van der Waals surface area contributed by atoms with Gasteiger partial charge in [-0.1, -0.05) is 13.8 Å². The molecule has 0 rings (SSSR count). The largest absolute Gasteiger partial charge is 0.480 e. The second-order valence-corrected chi connectivity index (χ2v) is 3.78. The Labute approximate surface area is 92.6 Å². The van der Waals surface area contributed by atoms with Gasteiger partial charge in [0.1, 0.15) is 12.1 Å². The van der Waals surface area contributed by atoms with Crippen LogP contribution in [-0.2, 0) is 14.4 Å². The summed E-state index contributed by atoms with van der Waals surface area (Å²) in [7, 11) is 0. The van der Waals surface area contributed by atoms with Crippen molar-refractivity contribution in [3.05, 3.63) is 0 Å². The number of nitrogens with one attached hydrogen (secondary N) is 1. The van der Waals surface area contributed by atoms with E-state index in [1.807, 2.05) is 0 Å². The number of carboxylic acids is 2. The Morgan fingerprint density at radius 1 is 1.19 bits per heavy atom. The molecule has 0 aromatic rings. The van der Waals surface area contributed by atoms with Crippen molar-refractivity contribution in [1.82, 2.24) is 5.32 Å². The second kappa shape index (κ2) is 6.06. The molecule has 7 nitrogen and oxygen atoms in total. The lowest BCUT2D eigenvalue weighted by molar-refractivity contribution is -0.143. The maximum Gasteiger partial charge on any atom is 0.326 e. The third-order valence-corrected chi connectivity index (χ3v) is 1.97. The van der Waals surface area contributed by atoms with Gasteiger partial charge in [-0.2, -0.15) is 0 Å². The summed E-state index contributed by atoms with van der Waals surface area (Å²) in [6, 6.07) is -2.35. The molecule has 0 bridgehead atoms. The molecule has 16 heavy (non-hydrogen) atoms. The molecule has 5 N–H and O–H groups in total. The van der Waals surface area contributed by atoms with Crippen LogP contribution in [0, 0.1) is 5.92 Å². The zero-order valence-corrected chi connectivity index (χ0v) is 9.14. The van der Waals surface area contributed by atoms with Gasteiger partial charge in [0.2, 0.25) is 5.91 Å². The molecule has 0 aliphatic heterocycles. The zero-order chi connectivity index (χ0) is 12.9. The molecule has 2 unspecified atom stereocenters. The summed E-state index contributed by atoms with van der Waals surface area (Å²) in [4.78, 5) is 32.4. The smallest absolute Gasteiger partial charge is 0.326 e. The number of carbonyl (C=O) groups excluding carboxylic acids is 1. The van der Waals surface area contributed by atoms with Gasteiger partial charge in [0.05, 0.1) is 6.42 Å². The number of aliphatic carboxylic acids is 2. The molecule has 0 saturated heterocycles. The molecular formula is C9H16N2O5. The van der Waals surface area contributed by atoms with Crippen molar-refractivity contribution in [2.24, 2.45) is 11.7 Å². The fourth-order valence-corrected chi connectivity index (χ4v) is 1.03. The highest BCUT2D eigenvalue weighted by Crippen LogP contribution is 2.02. The first-order valence-electron chi connectivity index (χ1n) is 4.76. The van der Waals surface area contributed by atoms with Gasteiger partial charge >= 0.3 is 11.9 Å². The van der Waals surface area contributed by atoms with E-state index < -0.39 is 36.4 Å². The van der Waals surface area contributed by atoms with E-state index in [0.29, 0.717) is 0 Å². The molecule has 0 radical (unpaired) electrons. The fourth-order valence-electron chi connectivity index (χ4n) is 1.03. The van der Waals surface area contributed by atoms with Crippen molar-refractivity contribution in [3.8, 4) is 0 Å². The molecule has 92 valence electrons. The Hall–Kier alpha value is -1.63. The predicted octanol–water partition coefficient (Wildman–Crippen LogP) is -0.986. The van der Waals surface area contributed by atoms with Crippen molar-refractivity contribution in [2.45, 2.75) is 32.4 Å². The monoisotopic (exact) mass is 232 g/mol. The van der Waals surface area contributed by atoms with Crippen LogP contribution in [0.5, 0.6) is 0 Å². The summed E-state index contributed by atoms with van der Waals surface area (Å²) in [5, 5.41) is 19.5. The Balaban J connectivity index is 4.31. The third-order valence-electron chi connectivity index (χ3n) is 1.97. The van der Waals surface area contributed by atoms with Gasteiger partial charge in [-0.15, -0.1) is 0 Å². The Morgan fingerprint density at radius 2 is 1.69 bits per heavy atom. The Kier molecular flexibility index (Phi) is 5.44. The highest BCUT2D eigenvalue weighted by molar-refractivity contribution is 5.87. The summed E-state index contributed by atoms with van der Waals surface area (Å²) in [5.41, 5.74) is 5.14. The molecular weight excluding hydrogens is 216 g/mol. The topological polar surface area (TPSA) is 130 Å². The van der Waals surface area contributed by atoms with E-state index in [-0.39, 0.29) is 5.92 Å². The summed E-state index contributed by atoms with van der Waals surface area (Å²) < 4.78 is 0.